The minimum Gasteiger partial charge on any atom is -0.373 e. The van der Waals surface area contributed by atoms with Gasteiger partial charge in [-0.3, -0.25) is 9.39 Å². The summed E-state index contributed by atoms with van der Waals surface area (Å²) in [6.45, 7) is 0.676. The van der Waals surface area contributed by atoms with Crippen molar-refractivity contribution in [1.29, 1.82) is 0 Å². The number of imidazole rings is 1. The van der Waals surface area contributed by atoms with Gasteiger partial charge in [0.1, 0.15) is 0 Å². The molecule has 4 heterocycles. The number of hydrogen-bond acceptors (Lipinski definition) is 4. The number of nitrogens with zero attached hydrogens (tertiary/aromatic N) is 3. The Morgan fingerprint density at radius 3 is 3.24 bits per heavy atom. The minimum atomic E-state index is 0.353. The van der Waals surface area contributed by atoms with Crippen LogP contribution in [0, 0.1) is 0 Å². The van der Waals surface area contributed by atoms with Crippen molar-refractivity contribution in [2.24, 2.45) is 4.99 Å². The third-order valence-electron chi connectivity index (χ3n) is 4.23. The van der Waals surface area contributed by atoms with E-state index in [9.17, 15) is 0 Å². The van der Waals surface area contributed by atoms with Gasteiger partial charge in [-0.25, -0.2) is 4.98 Å². The number of hydrogen-bond donors (Lipinski definition) is 2. The van der Waals surface area contributed by atoms with Gasteiger partial charge < -0.3 is 15.4 Å². The monoisotopic (exact) mass is 305 g/mol. The van der Waals surface area contributed by atoms with Crippen LogP contribution in [0.25, 0.3) is 4.96 Å². The molecule has 2 N–H and O–H groups in total. The van der Waals surface area contributed by atoms with Crippen molar-refractivity contribution in [3.63, 3.8) is 0 Å². The van der Waals surface area contributed by atoms with Crippen LogP contribution in [0.1, 0.15) is 25.0 Å². The molecule has 0 aliphatic carbocycles. The molecule has 7 heteroatoms. The van der Waals surface area contributed by atoms with Crippen LogP contribution in [0.4, 0.5) is 0 Å². The second-order valence-electron chi connectivity index (χ2n) is 5.61. The van der Waals surface area contributed by atoms with E-state index in [2.05, 4.69) is 20.6 Å². The molecule has 2 bridgehead atoms. The summed E-state index contributed by atoms with van der Waals surface area (Å²) in [5.74, 6) is 0.826. The second-order valence-corrected chi connectivity index (χ2v) is 6.48. The fraction of sp³-hybridized carbons (Fsp3) is 0.571. The number of ether oxygens (including phenoxy) is 1. The van der Waals surface area contributed by atoms with Crippen molar-refractivity contribution in [2.45, 2.75) is 44.1 Å². The quantitative estimate of drug-likeness (QED) is 0.664. The highest BCUT2D eigenvalue weighted by Gasteiger charge is 2.41. The molecule has 2 aromatic rings. The van der Waals surface area contributed by atoms with Crippen molar-refractivity contribution < 1.29 is 4.74 Å². The smallest absolute Gasteiger partial charge is 0.193 e. The zero-order chi connectivity index (χ0) is 14.2. The lowest BCUT2D eigenvalue weighted by Crippen LogP contribution is -2.47. The van der Waals surface area contributed by atoms with Gasteiger partial charge in [0.2, 0.25) is 0 Å². The van der Waals surface area contributed by atoms with Gasteiger partial charge >= 0.3 is 0 Å². The van der Waals surface area contributed by atoms with Crippen molar-refractivity contribution in [3.05, 3.63) is 23.5 Å². The van der Waals surface area contributed by atoms with Crippen molar-refractivity contribution in [1.82, 2.24) is 20.0 Å². The third-order valence-corrected chi connectivity index (χ3v) is 5.00. The molecule has 2 saturated heterocycles. The van der Waals surface area contributed by atoms with Gasteiger partial charge in [0, 0.05) is 24.8 Å². The Hall–Kier alpha value is -1.60. The summed E-state index contributed by atoms with van der Waals surface area (Å²) in [6, 6.07) is 0.389. The number of guanidine groups is 1. The van der Waals surface area contributed by atoms with Crippen LogP contribution in [-0.2, 0) is 11.3 Å². The first kappa shape index (κ1) is 13.1. The Balaban J connectivity index is 1.35. The van der Waals surface area contributed by atoms with E-state index in [0.29, 0.717) is 24.8 Å². The average molecular weight is 305 g/mol. The second kappa shape index (κ2) is 5.31. The van der Waals surface area contributed by atoms with Crippen LogP contribution in [0.15, 0.2) is 22.8 Å². The molecule has 0 saturated carbocycles. The van der Waals surface area contributed by atoms with E-state index < -0.39 is 0 Å². The molecule has 2 aliphatic rings. The SMILES string of the molecule is CN=C(NCc1cn2ccsc2n1)NC1CC2CCC1O2. The zero-order valence-electron chi connectivity index (χ0n) is 12.0. The molecule has 0 amide bonds. The summed E-state index contributed by atoms with van der Waals surface area (Å²) in [7, 11) is 1.80. The Morgan fingerprint density at radius 1 is 1.57 bits per heavy atom. The number of aliphatic imine (C=N–C) groups is 1. The Labute approximate surface area is 127 Å². The molecular formula is C14H19N5OS. The van der Waals surface area contributed by atoms with Crippen LogP contribution in [-0.4, -0.2) is 40.6 Å². The van der Waals surface area contributed by atoms with Gasteiger partial charge in [0.15, 0.2) is 10.9 Å². The summed E-state index contributed by atoms with van der Waals surface area (Å²) in [5.41, 5.74) is 1.02. The lowest BCUT2D eigenvalue weighted by molar-refractivity contribution is 0.0992. The largest absolute Gasteiger partial charge is 0.373 e. The summed E-state index contributed by atoms with van der Waals surface area (Å²) in [5, 5.41) is 8.85. The van der Waals surface area contributed by atoms with E-state index in [-0.39, 0.29) is 0 Å². The molecule has 2 fully saturated rings. The molecule has 4 rings (SSSR count). The highest BCUT2D eigenvalue weighted by Crippen LogP contribution is 2.34. The molecular weight excluding hydrogens is 286 g/mol. The summed E-state index contributed by atoms with van der Waals surface area (Å²) < 4.78 is 7.91. The summed E-state index contributed by atoms with van der Waals surface area (Å²) >= 11 is 1.64. The van der Waals surface area contributed by atoms with Gasteiger partial charge in [-0.05, 0) is 19.3 Å². The van der Waals surface area contributed by atoms with E-state index in [1.165, 1.54) is 6.42 Å². The zero-order valence-corrected chi connectivity index (χ0v) is 12.8. The van der Waals surface area contributed by atoms with Crippen LogP contribution >= 0.6 is 11.3 Å². The number of rotatable bonds is 3. The molecule has 112 valence electrons. The standard InChI is InChI=1S/C14H19N5OS/c1-15-13(18-11-6-10-2-3-12(11)20-10)16-7-9-8-19-4-5-21-14(19)17-9/h4-5,8,10-12H,2-3,6-7H2,1H3,(H2,15,16,18). The van der Waals surface area contributed by atoms with Crippen molar-refractivity contribution >= 4 is 22.3 Å². The maximum absolute atomic E-state index is 5.86. The first-order valence-corrected chi connectivity index (χ1v) is 8.23. The molecule has 0 aromatic carbocycles. The molecule has 6 nitrogen and oxygen atoms in total. The highest BCUT2D eigenvalue weighted by molar-refractivity contribution is 7.15. The van der Waals surface area contributed by atoms with Gasteiger partial charge in [0.25, 0.3) is 0 Å². The van der Waals surface area contributed by atoms with Crippen molar-refractivity contribution in [3.8, 4) is 0 Å². The molecule has 0 radical (unpaired) electrons. The van der Waals surface area contributed by atoms with Crippen LogP contribution in [0.3, 0.4) is 0 Å². The van der Waals surface area contributed by atoms with Gasteiger partial charge in [-0.2, -0.15) is 0 Å². The highest BCUT2D eigenvalue weighted by atomic mass is 32.1. The van der Waals surface area contributed by atoms with Gasteiger partial charge in [0.05, 0.1) is 30.5 Å². The average Bonchev–Trinajstić information content (AvgIpc) is 3.22. The fourth-order valence-electron chi connectivity index (χ4n) is 3.20. The van der Waals surface area contributed by atoms with Gasteiger partial charge in [-0.1, -0.05) is 0 Å². The maximum Gasteiger partial charge on any atom is 0.193 e. The number of thiazole rings is 1. The van der Waals surface area contributed by atoms with Crippen LogP contribution in [0.5, 0.6) is 0 Å². The Kier molecular flexibility index (Phi) is 3.31. The summed E-state index contributed by atoms with van der Waals surface area (Å²) in [6.07, 6.45) is 8.34. The fourth-order valence-corrected chi connectivity index (χ4v) is 3.91. The number of fused-ring (bicyclic) bond motifs is 3. The number of aromatic nitrogens is 2. The lowest BCUT2D eigenvalue weighted by atomic mass is 9.96. The van der Waals surface area contributed by atoms with E-state index in [1.807, 2.05) is 22.2 Å². The first-order chi connectivity index (χ1) is 10.3. The molecule has 3 atom stereocenters. The van der Waals surface area contributed by atoms with Crippen LogP contribution in [0.2, 0.25) is 0 Å². The molecule has 2 aliphatic heterocycles. The normalized spacial score (nSPS) is 28.4. The van der Waals surface area contributed by atoms with Gasteiger partial charge in [-0.15, -0.1) is 11.3 Å². The minimum absolute atomic E-state index is 0.353. The van der Waals surface area contributed by atoms with E-state index in [0.717, 1.165) is 29.5 Å². The predicted octanol–water partition coefficient (Wildman–Crippen LogP) is 1.38. The molecule has 2 aromatic heterocycles. The van der Waals surface area contributed by atoms with Crippen LogP contribution < -0.4 is 10.6 Å². The molecule has 3 unspecified atom stereocenters. The van der Waals surface area contributed by atoms with E-state index in [4.69, 9.17) is 4.74 Å². The topological polar surface area (TPSA) is 63.0 Å². The van der Waals surface area contributed by atoms with E-state index in [1.54, 1.807) is 18.4 Å². The van der Waals surface area contributed by atoms with E-state index >= 15 is 0 Å². The molecule has 21 heavy (non-hydrogen) atoms. The lowest BCUT2D eigenvalue weighted by Gasteiger charge is -2.22. The third kappa shape index (κ3) is 2.51. The summed E-state index contributed by atoms with van der Waals surface area (Å²) in [4.78, 5) is 9.88. The Bertz CT molecular complexity index is 635. The molecule has 0 spiro atoms. The number of nitrogens with one attached hydrogen (secondary N) is 2. The maximum atomic E-state index is 5.86. The Morgan fingerprint density at radius 2 is 2.52 bits per heavy atom. The first-order valence-electron chi connectivity index (χ1n) is 7.35. The predicted molar refractivity (Wildman–Crippen MR) is 82.7 cm³/mol. The van der Waals surface area contributed by atoms with Crippen molar-refractivity contribution in [2.75, 3.05) is 7.05 Å².